The van der Waals surface area contributed by atoms with Crippen LogP contribution in [0.5, 0.6) is 0 Å². The Morgan fingerprint density at radius 1 is 1.19 bits per heavy atom. The number of aliphatic carboxylic acids is 1. The maximum absolute atomic E-state index is 12.7. The lowest BCUT2D eigenvalue weighted by Crippen LogP contribution is -2.41. The van der Waals surface area contributed by atoms with E-state index in [1.807, 2.05) is 31.2 Å². The Morgan fingerprint density at radius 2 is 1.81 bits per heavy atom. The summed E-state index contributed by atoms with van der Waals surface area (Å²) < 4.78 is 3.28. The van der Waals surface area contributed by atoms with E-state index in [-0.39, 0.29) is 31.0 Å². The third-order valence-electron chi connectivity index (χ3n) is 4.18. The van der Waals surface area contributed by atoms with Gasteiger partial charge in [0.25, 0.3) is 0 Å². The highest BCUT2D eigenvalue weighted by atomic mass is 16.4. The Balaban J connectivity index is 2.14. The summed E-state index contributed by atoms with van der Waals surface area (Å²) >= 11 is 0. The molecule has 26 heavy (non-hydrogen) atoms. The van der Waals surface area contributed by atoms with Gasteiger partial charge in [0.05, 0.1) is 11.0 Å². The molecular formula is C19H25N3O4. The highest BCUT2D eigenvalue weighted by molar-refractivity contribution is 5.83. The van der Waals surface area contributed by atoms with E-state index in [1.54, 1.807) is 28.2 Å². The van der Waals surface area contributed by atoms with Gasteiger partial charge in [-0.2, -0.15) is 0 Å². The molecule has 1 aromatic heterocycles. The van der Waals surface area contributed by atoms with Crippen LogP contribution in [0.4, 0.5) is 0 Å². The van der Waals surface area contributed by atoms with E-state index < -0.39 is 12.0 Å². The SMILES string of the molecule is C/C=C/CC(NC(=O)CCn1c(=O)n(CCC)c2ccccc21)C(=O)O. The van der Waals surface area contributed by atoms with Crippen molar-refractivity contribution in [1.82, 2.24) is 14.5 Å². The zero-order valence-corrected chi connectivity index (χ0v) is 15.1. The Kier molecular flexibility index (Phi) is 6.77. The van der Waals surface area contributed by atoms with Crippen molar-refractivity contribution in [3.8, 4) is 0 Å². The van der Waals surface area contributed by atoms with E-state index in [4.69, 9.17) is 0 Å². The van der Waals surface area contributed by atoms with Gasteiger partial charge in [-0.15, -0.1) is 0 Å². The van der Waals surface area contributed by atoms with Crippen molar-refractivity contribution in [2.24, 2.45) is 0 Å². The highest BCUT2D eigenvalue weighted by Crippen LogP contribution is 2.13. The van der Waals surface area contributed by atoms with Crippen LogP contribution in [0.25, 0.3) is 11.0 Å². The summed E-state index contributed by atoms with van der Waals surface area (Å²) in [6, 6.07) is 6.51. The first-order valence-corrected chi connectivity index (χ1v) is 8.81. The second kappa shape index (κ2) is 9.03. The van der Waals surface area contributed by atoms with E-state index >= 15 is 0 Å². The minimum atomic E-state index is -1.08. The molecule has 7 nitrogen and oxygen atoms in total. The van der Waals surface area contributed by atoms with Crippen molar-refractivity contribution in [2.75, 3.05) is 0 Å². The van der Waals surface area contributed by atoms with Gasteiger partial charge in [-0.05, 0) is 31.9 Å². The van der Waals surface area contributed by atoms with E-state index in [0.717, 1.165) is 17.5 Å². The lowest BCUT2D eigenvalue weighted by molar-refractivity contribution is -0.141. The number of carbonyl (C=O) groups is 2. The summed E-state index contributed by atoms with van der Waals surface area (Å²) in [5.41, 5.74) is 1.48. The normalized spacial score (nSPS) is 12.5. The van der Waals surface area contributed by atoms with Gasteiger partial charge in [0, 0.05) is 19.5 Å². The molecule has 1 amide bonds. The molecule has 1 unspecified atom stereocenters. The van der Waals surface area contributed by atoms with Crippen LogP contribution in [0.15, 0.2) is 41.2 Å². The van der Waals surface area contributed by atoms with Gasteiger partial charge in [-0.1, -0.05) is 31.2 Å². The van der Waals surface area contributed by atoms with Gasteiger partial charge in [0.1, 0.15) is 6.04 Å². The van der Waals surface area contributed by atoms with Crippen molar-refractivity contribution in [1.29, 1.82) is 0 Å². The van der Waals surface area contributed by atoms with E-state index in [0.29, 0.717) is 6.54 Å². The minimum absolute atomic E-state index is 0.0413. The Bertz CT molecular complexity index is 863. The number of allylic oxidation sites excluding steroid dienone is 1. The fourth-order valence-electron chi connectivity index (χ4n) is 2.90. The molecule has 0 spiro atoms. The molecule has 2 N–H and O–H groups in total. The average Bonchev–Trinajstić information content (AvgIpc) is 2.89. The maximum atomic E-state index is 12.7. The van der Waals surface area contributed by atoms with Crippen molar-refractivity contribution in [2.45, 2.75) is 52.2 Å². The molecule has 1 heterocycles. The Labute approximate surface area is 151 Å². The number of fused-ring (bicyclic) bond motifs is 1. The number of rotatable bonds is 9. The van der Waals surface area contributed by atoms with Gasteiger partial charge in [-0.25, -0.2) is 9.59 Å². The lowest BCUT2D eigenvalue weighted by atomic mass is 10.2. The number of imidazole rings is 1. The number of aromatic nitrogens is 2. The molecule has 0 radical (unpaired) electrons. The smallest absolute Gasteiger partial charge is 0.329 e. The predicted octanol–water partition coefficient (Wildman–Crippen LogP) is 2.14. The third kappa shape index (κ3) is 4.41. The molecule has 0 fully saturated rings. The number of amides is 1. The van der Waals surface area contributed by atoms with Gasteiger partial charge in [0.15, 0.2) is 0 Å². The molecule has 140 valence electrons. The number of aryl methyl sites for hydroxylation is 2. The number of benzene rings is 1. The van der Waals surface area contributed by atoms with Crippen LogP contribution in [-0.4, -0.2) is 32.2 Å². The van der Waals surface area contributed by atoms with Crippen molar-refractivity contribution >= 4 is 22.9 Å². The highest BCUT2D eigenvalue weighted by Gasteiger charge is 2.19. The summed E-state index contributed by atoms with van der Waals surface area (Å²) in [4.78, 5) is 36.0. The fourth-order valence-corrected chi connectivity index (χ4v) is 2.90. The largest absolute Gasteiger partial charge is 0.480 e. The number of carboxylic acid groups (broad SMARTS) is 1. The third-order valence-corrected chi connectivity index (χ3v) is 4.18. The van der Waals surface area contributed by atoms with Crippen LogP contribution < -0.4 is 11.0 Å². The summed E-state index contributed by atoms with van der Waals surface area (Å²) in [5, 5.41) is 11.7. The van der Waals surface area contributed by atoms with E-state index in [9.17, 15) is 19.5 Å². The summed E-state index contributed by atoms with van der Waals surface area (Å²) in [6.45, 7) is 4.61. The van der Waals surface area contributed by atoms with Crippen LogP contribution in [0.3, 0.4) is 0 Å². The van der Waals surface area contributed by atoms with Crippen LogP contribution >= 0.6 is 0 Å². The number of carboxylic acids is 1. The predicted molar refractivity (Wildman–Crippen MR) is 100 cm³/mol. The van der Waals surface area contributed by atoms with Crippen molar-refractivity contribution in [3.63, 3.8) is 0 Å². The molecule has 2 rings (SSSR count). The Morgan fingerprint density at radius 3 is 2.35 bits per heavy atom. The number of para-hydroxylation sites is 2. The first kappa shape index (κ1) is 19.5. The van der Waals surface area contributed by atoms with Gasteiger partial charge >= 0.3 is 11.7 Å². The topological polar surface area (TPSA) is 93.3 Å². The zero-order valence-electron chi connectivity index (χ0n) is 15.1. The molecule has 1 atom stereocenters. The summed E-state index contributed by atoms with van der Waals surface area (Å²) in [6.07, 6.45) is 4.54. The molecule has 0 aliphatic rings. The number of hydrogen-bond acceptors (Lipinski definition) is 3. The zero-order chi connectivity index (χ0) is 19.1. The Hall–Kier alpha value is -2.83. The molecule has 7 heteroatoms. The minimum Gasteiger partial charge on any atom is -0.480 e. The van der Waals surface area contributed by atoms with Crippen LogP contribution in [0.2, 0.25) is 0 Å². The molecule has 0 bridgehead atoms. The van der Waals surface area contributed by atoms with E-state index in [2.05, 4.69) is 5.32 Å². The molecule has 0 saturated heterocycles. The second-order valence-electron chi connectivity index (χ2n) is 6.09. The van der Waals surface area contributed by atoms with Gasteiger partial charge < -0.3 is 10.4 Å². The fraction of sp³-hybridized carbons (Fsp3) is 0.421. The van der Waals surface area contributed by atoms with Gasteiger partial charge in [0.2, 0.25) is 5.91 Å². The summed E-state index contributed by atoms with van der Waals surface area (Å²) in [7, 11) is 0. The van der Waals surface area contributed by atoms with Crippen LogP contribution in [-0.2, 0) is 22.7 Å². The van der Waals surface area contributed by atoms with Crippen molar-refractivity contribution < 1.29 is 14.7 Å². The molecule has 2 aromatic rings. The number of nitrogens with one attached hydrogen (secondary N) is 1. The molecule has 0 aliphatic heterocycles. The van der Waals surface area contributed by atoms with Crippen molar-refractivity contribution in [3.05, 3.63) is 46.9 Å². The lowest BCUT2D eigenvalue weighted by Gasteiger charge is -2.12. The quantitative estimate of drug-likeness (QED) is 0.671. The number of carbonyl (C=O) groups excluding carboxylic acids is 1. The molecular weight excluding hydrogens is 334 g/mol. The first-order chi connectivity index (χ1) is 12.5. The maximum Gasteiger partial charge on any atom is 0.329 e. The average molecular weight is 359 g/mol. The monoisotopic (exact) mass is 359 g/mol. The van der Waals surface area contributed by atoms with Crippen LogP contribution in [0, 0.1) is 0 Å². The summed E-state index contributed by atoms with van der Waals surface area (Å²) in [5.74, 6) is -1.46. The number of nitrogens with zero attached hydrogens (tertiary/aromatic N) is 2. The standard InChI is InChI=1S/C19H25N3O4/c1-3-5-8-14(18(24)25)20-17(23)11-13-22-16-10-7-6-9-15(16)21(12-4-2)19(22)26/h3,5-7,9-10,14H,4,8,11-13H2,1-2H3,(H,20,23)(H,24,25)/b5-3+. The van der Waals surface area contributed by atoms with Crippen LogP contribution in [0.1, 0.15) is 33.1 Å². The second-order valence-corrected chi connectivity index (χ2v) is 6.09. The molecule has 1 aromatic carbocycles. The number of hydrogen-bond donors (Lipinski definition) is 2. The molecule has 0 saturated carbocycles. The van der Waals surface area contributed by atoms with E-state index in [1.165, 1.54) is 0 Å². The first-order valence-electron chi connectivity index (χ1n) is 8.81. The molecule has 0 aliphatic carbocycles. The van der Waals surface area contributed by atoms with Gasteiger partial charge in [-0.3, -0.25) is 13.9 Å².